The fourth-order valence-electron chi connectivity index (χ4n) is 4.44. The minimum Gasteiger partial charge on any atom is -0.311 e. The molecule has 1 heterocycles. The van der Waals surface area contributed by atoms with Gasteiger partial charge in [-0.3, -0.25) is 0 Å². The maximum absolute atomic E-state index is 12.0. The molecular weight excluding hydrogens is 272 g/mol. The lowest BCUT2D eigenvalue weighted by Crippen LogP contribution is -2.49. The summed E-state index contributed by atoms with van der Waals surface area (Å²) in [6.45, 7) is 3.35. The molecule has 20 heavy (non-hydrogen) atoms. The van der Waals surface area contributed by atoms with Crippen LogP contribution in [0.15, 0.2) is 0 Å². The molecule has 5 heteroatoms. The molecule has 3 rings (SSSR count). The fourth-order valence-corrected chi connectivity index (χ4v) is 5.98. The Morgan fingerprint density at radius 1 is 1.10 bits per heavy atom. The molecule has 1 aliphatic heterocycles. The normalized spacial score (nSPS) is 35.8. The number of hydrogen-bond donors (Lipinski definition) is 1. The number of hydrogen-bond acceptors (Lipinski definition) is 3. The molecule has 0 radical (unpaired) electrons. The van der Waals surface area contributed by atoms with Gasteiger partial charge in [0.05, 0.1) is 5.75 Å². The Morgan fingerprint density at radius 3 is 2.40 bits per heavy atom. The van der Waals surface area contributed by atoms with Crippen molar-refractivity contribution in [2.75, 3.05) is 18.8 Å². The van der Waals surface area contributed by atoms with Crippen LogP contribution in [0.3, 0.4) is 0 Å². The van der Waals surface area contributed by atoms with Crippen molar-refractivity contribution in [1.29, 1.82) is 0 Å². The van der Waals surface area contributed by atoms with Crippen molar-refractivity contribution in [3.8, 4) is 0 Å². The van der Waals surface area contributed by atoms with E-state index in [1.807, 2.05) is 6.92 Å². The Bertz CT molecular complexity index is 429. The Hall–Kier alpha value is -0.130. The third-order valence-corrected chi connectivity index (χ3v) is 7.57. The molecule has 2 saturated carbocycles. The van der Waals surface area contributed by atoms with Crippen molar-refractivity contribution in [3.05, 3.63) is 0 Å². The van der Waals surface area contributed by atoms with Crippen LogP contribution in [0.4, 0.5) is 0 Å². The van der Waals surface area contributed by atoms with Crippen molar-refractivity contribution in [2.45, 2.75) is 64.0 Å². The van der Waals surface area contributed by atoms with Crippen LogP contribution >= 0.6 is 0 Å². The first-order valence-electron chi connectivity index (χ1n) is 8.32. The molecular formula is C15H28N2O2S. The molecule has 1 N–H and O–H groups in total. The average Bonchev–Trinajstić information content (AvgIpc) is 3.01. The number of sulfonamides is 1. The van der Waals surface area contributed by atoms with Crippen molar-refractivity contribution in [2.24, 2.45) is 11.8 Å². The zero-order chi connectivity index (χ0) is 14.2. The molecule has 0 amide bonds. The zero-order valence-electron chi connectivity index (χ0n) is 12.6. The van der Waals surface area contributed by atoms with Gasteiger partial charge in [0, 0.05) is 25.2 Å². The summed E-state index contributed by atoms with van der Waals surface area (Å²) in [4.78, 5) is 0. The van der Waals surface area contributed by atoms with E-state index in [0.717, 1.165) is 30.7 Å². The molecule has 1 saturated heterocycles. The van der Waals surface area contributed by atoms with Crippen LogP contribution in [0.5, 0.6) is 0 Å². The van der Waals surface area contributed by atoms with E-state index < -0.39 is 10.0 Å². The maximum Gasteiger partial charge on any atom is 0.214 e. The first-order chi connectivity index (χ1) is 9.58. The average molecular weight is 300 g/mol. The monoisotopic (exact) mass is 300 g/mol. The van der Waals surface area contributed by atoms with Gasteiger partial charge in [-0.1, -0.05) is 13.3 Å². The summed E-state index contributed by atoms with van der Waals surface area (Å²) in [5, 5.41) is 3.83. The molecule has 0 aromatic heterocycles. The van der Waals surface area contributed by atoms with Crippen LogP contribution in [0, 0.1) is 11.8 Å². The molecule has 3 aliphatic rings. The summed E-state index contributed by atoms with van der Waals surface area (Å²) in [5.74, 6) is 2.18. The minimum atomic E-state index is -2.99. The van der Waals surface area contributed by atoms with Gasteiger partial charge in [-0.25, -0.2) is 12.7 Å². The topological polar surface area (TPSA) is 49.4 Å². The van der Waals surface area contributed by atoms with E-state index in [4.69, 9.17) is 0 Å². The van der Waals surface area contributed by atoms with E-state index >= 15 is 0 Å². The standard InChI is InChI=1S/C15H28N2O2S/c1-2-9-20(18,19)17-7-5-14(6-8-17)16-15-11-12-3-4-13(15)10-12/h12-16H,2-11H2,1H3. The van der Waals surface area contributed by atoms with E-state index in [-0.39, 0.29) is 0 Å². The van der Waals surface area contributed by atoms with Crippen molar-refractivity contribution >= 4 is 10.0 Å². The Morgan fingerprint density at radius 2 is 1.85 bits per heavy atom. The SMILES string of the molecule is CCCS(=O)(=O)N1CCC(NC2CC3CCC2C3)CC1. The highest BCUT2D eigenvalue weighted by molar-refractivity contribution is 7.89. The highest BCUT2D eigenvalue weighted by Gasteiger charge is 2.40. The van der Waals surface area contributed by atoms with Gasteiger partial charge in [-0.15, -0.1) is 0 Å². The van der Waals surface area contributed by atoms with Gasteiger partial charge in [0.1, 0.15) is 0 Å². The zero-order valence-corrected chi connectivity index (χ0v) is 13.4. The number of fused-ring (bicyclic) bond motifs is 2. The molecule has 2 bridgehead atoms. The third-order valence-electron chi connectivity index (χ3n) is 5.50. The summed E-state index contributed by atoms with van der Waals surface area (Å²) in [7, 11) is -2.99. The number of nitrogens with zero attached hydrogens (tertiary/aromatic N) is 1. The van der Waals surface area contributed by atoms with E-state index in [1.165, 1.54) is 25.7 Å². The Balaban J connectivity index is 1.47. The van der Waals surface area contributed by atoms with Gasteiger partial charge in [-0.2, -0.15) is 0 Å². The maximum atomic E-state index is 12.0. The van der Waals surface area contributed by atoms with E-state index in [1.54, 1.807) is 4.31 Å². The highest BCUT2D eigenvalue weighted by Crippen LogP contribution is 2.44. The first-order valence-corrected chi connectivity index (χ1v) is 9.93. The second-order valence-corrected chi connectivity index (χ2v) is 9.03. The lowest BCUT2D eigenvalue weighted by Gasteiger charge is -2.35. The van der Waals surface area contributed by atoms with Crippen LogP contribution in [-0.4, -0.2) is 43.6 Å². The summed E-state index contributed by atoms with van der Waals surface area (Å²) in [5.41, 5.74) is 0. The highest BCUT2D eigenvalue weighted by atomic mass is 32.2. The van der Waals surface area contributed by atoms with E-state index in [2.05, 4.69) is 5.32 Å². The summed E-state index contributed by atoms with van der Waals surface area (Å²) in [6, 6.07) is 1.25. The Labute approximate surface area is 123 Å². The fraction of sp³-hybridized carbons (Fsp3) is 1.00. The molecule has 0 aromatic carbocycles. The number of nitrogens with one attached hydrogen (secondary N) is 1. The first kappa shape index (κ1) is 14.8. The van der Waals surface area contributed by atoms with E-state index in [9.17, 15) is 8.42 Å². The minimum absolute atomic E-state index is 0.303. The molecule has 3 atom stereocenters. The van der Waals surface area contributed by atoms with Crippen LogP contribution < -0.4 is 5.32 Å². The second kappa shape index (κ2) is 5.93. The smallest absolute Gasteiger partial charge is 0.214 e. The van der Waals surface area contributed by atoms with Gasteiger partial charge in [-0.05, 0) is 50.4 Å². The number of piperidine rings is 1. The van der Waals surface area contributed by atoms with Crippen LogP contribution in [0.1, 0.15) is 51.9 Å². The molecule has 0 aromatic rings. The summed E-state index contributed by atoms with van der Waals surface area (Å²) in [6.07, 6.45) is 8.32. The van der Waals surface area contributed by atoms with Crippen LogP contribution in [-0.2, 0) is 10.0 Å². The Kier molecular flexibility index (Phi) is 4.39. The number of rotatable bonds is 5. The second-order valence-electron chi connectivity index (χ2n) is 6.94. The lowest BCUT2D eigenvalue weighted by atomic mass is 9.93. The van der Waals surface area contributed by atoms with Crippen molar-refractivity contribution < 1.29 is 8.42 Å². The largest absolute Gasteiger partial charge is 0.311 e. The van der Waals surface area contributed by atoms with Gasteiger partial charge in [0.2, 0.25) is 10.0 Å². The third kappa shape index (κ3) is 3.04. The lowest BCUT2D eigenvalue weighted by molar-refractivity contribution is 0.244. The summed E-state index contributed by atoms with van der Waals surface area (Å²) >= 11 is 0. The predicted octanol–water partition coefficient (Wildman–Crippen LogP) is 1.97. The predicted molar refractivity (Wildman–Crippen MR) is 81.0 cm³/mol. The quantitative estimate of drug-likeness (QED) is 0.844. The summed E-state index contributed by atoms with van der Waals surface area (Å²) < 4.78 is 25.8. The van der Waals surface area contributed by atoms with Crippen molar-refractivity contribution in [1.82, 2.24) is 9.62 Å². The molecule has 2 aliphatic carbocycles. The van der Waals surface area contributed by atoms with Crippen LogP contribution in [0.25, 0.3) is 0 Å². The van der Waals surface area contributed by atoms with Crippen LogP contribution in [0.2, 0.25) is 0 Å². The van der Waals surface area contributed by atoms with Crippen molar-refractivity contribution in [3.63, 3.8) is 0 Å². The van der Waals surface area contributed by atoms with E-state index in [0.29, 0.717) is 31.3 Å². The molecule has 3 fully saturated rings. The molecule has 4 nitrogen and oxygen atoms in total. The van der Waals surface area contributed by atoms with Gasteiger partial charge < -0.3 is 5.32 Å². The molecule has 116 valence electrons. The van der Waals surface area contributed by atoms with Gasteiger partial charge >= 0.3 is 0 Å². The molecule has 3 unspecified atom stereocenters. The molecule has 0 spiro atoms. The van der Waals surface area contributed by atoms with Gasteiger partial charge in [0.15, 0.2) is 0 Å². The van der Waals surface area contributed by atoms with Gasteiger partial charge in [0.25, 0.3) is 0 Å².